The molecule has 0 aliphatic carbocycles. The van der Waals surface area contributed by atoms with Gasteiger partial charge in [-0.2, -0.15) is 17.6 Å². The topological polar surface area (TPSA) is 61.8 Å². The maximum atomic E-state index is 14.6. The smallest absolute Gasteiger partial charge is 0.425 e. The molecule has 0 heterocycles. The van der Waals surface area contributed by atoms with E-state index in [-0.39, 0.29) is 36.5 Å². The molecule has 10 heteroatoms. The maximum Gasteiger partial charge on any atom is 0.425 e. The Morgan fingerprint density at radius 3 is 2.17 bits per heavy atom. The van der Waals surface area contributed by atoms with Gasteiger partial charge in [0.1, 0.15) is 5.75 Å². The Morgan fingerprint density at radius 2 is 1.46 bits per heavy atom. The van der Waals surface area contributed by atoms with Gasteiger partial charge in [-0.15, -0.1) is 0 Å². The Bertz CT molecular complexity index is 1340. The van der Waals surface area contributed by atoms with Crippen molar-refractivity contribution in [3.63, 3.8) is 0 Å². The summed E-state index contributed by atoms with van der Waals surface area (Å²) in [4.78, 5) is 25.1. The molecule has 0 saturated carbocycles. The van der Waals surface area contributed by atoms with Gasteiger partial charge in [0, 0.05) is 0 Å². The standard InChI is InChI=1S/C31H33F5O5/c1-3-5-7-8-10-26(31(34,35)36)41-29(37)22-12-11-21-19-23(14-13-20(21)18-22)40-30(38)24-15-16-25(28(33)27(24)32)39-17-9-6-4-2/h11-16,18-19,26H,3-10,17H2,1-2H3/t26-/m1/s1. The number of carbonyl (C=O) groups excluding carboxylic acids is 2. The van der Waals surface area contributed by atoms with Crippen molar-refractivity contribution in [2.75, 3.05) is 6.61 Å². The molecule has 0 bridgehead atoms. The summed E-state index contributed by atoms with van der Waals surface area (Å²) in [5, 5.41) is 0.953. The molecular weight excluding hydrogens is 547 g/mol. The van der Waals surface area contributed by atoms with Crippen molar-refractivity contribution in [2.45, 2.75) is 77.5 Å². The fraction of sp³-hybridized carbons (Fsp3) is 0.419. The van der Waals surface area contributed by atoms with Gasteiger partial charge in [0.2, 0.25) is 5.82 Å². The Kier molecular flexibility index (Phi) is 11.5. The van der Waals surface area contributed by atoms with Gasteiger partial charge in [-0.05, 0) is 66.4 Å². The molecular formula is C31H33F5O5. The number of rotatable bonds is 14. The number of carbonyl (C=O) groups is 2. The van der Waals surface area contributed by atoms with Gasteiger partial charge in [0.25, 0.3) is 0 Å². The number of halogens is 5. The average molecular weight is 581 g/mol. The van der Waals surface area contributed by atoms with E-state index in [0.717, 1.165) is 37.8 Å². The number of benzene rings is 3. The number of hydrogen-bond acceptors (Lipinski definition) is 5. The van der Waals surface area contributed by atoms with Gasteiger partial charge in [0.05, 0.1) is 17.7 Å². The first-order valence-electron chi connectivity index (χ1n) is 13.7. The van der Waals surface area contributed by atoms with Crippen LogP contribution in [0.5, 0.6) is 11.5 Å². The molecule has 3 aromatic carbocycles. The van der Waals surface area contributed by atoms with Crippen LogP contribution in [0.4, 0.5) is 22.0 Å². The molecule has 0 spiro atoms. The number of esters is 2. The third-order valence-corrected chi connectivity index (χ3v) is 6.46. The minimum Gasteiger partial charge on any atom is -0.490 e. The highest BCUT2D eigenvalue weighted by atomic mass is 19.4. The lowest BCUT2D eigenvalue weighted by Gasteiger charge is -2.20. The summed E-state index contributed by atoms with van der Waals surface area (Å²) in [5.74, 6) is -5.20. The van der Waals surface area contributed by atoms with Gasteiger partial charge < -0.3 is 14.2 Å². The van der Waals surface area contributed by atoms with E-state index in [0.29, 0.717) is 23.6 Å². The van der Waals surface area contributed by atoms with Gasteiger partial charge in [-0.25, -0.2) is 14.0 Å². The summed E-state index contributed by atoms with van der Waals surface area (Å²) in [5.41, 5.74) is -0.685. The van der Waals surface area contributed by atoms with Gasteiger partial charge in [0.15, 0.2) is 17.7 Å². The molecule has 0 aromatic heterocycles. The van der Waals surface area contributed by atoms with Crippen molar-refractivity contribution >= 4 is 22.7 Å². The molecule has 0 aliphatic heterocycles. The molecule has 0 N–H and O–H groups in total. The highest BCUT2D eigenvalue weighted by Crippen LogP contribution is 2.30. The van der Waals surface area contributed by atoms with Crippen molar-refractivity contribution in [1.29, 1.82) is 0 Å². The van der Waals surface area contributed by atoms with Gasteiger partial charge >= 0.3 is 18.1 Å². The number of unbranched alkanes of at least 4 members (excludes halogenated alkanes) is 5. The predicted molar refractivity (Wildman–Crippen MR) is 144 cm³/mol. The fourth-order valence-corrected chi connectivity index (χ4v) is 4.15. The molecule has 3 rings (SSSR count). The van der Waals surface area contributed by atoms with Crippen LogP contribution in [-0.2, 0) is 4.74 Å². The second-order valence-electron chi connectivity index (χ2n) is 9.69. The van der Waals surface area contributed by atoms with Crippen molar-refractivity contribution in [1.82, 2.24) is 0 Å². The van der Waals surface area contributed by atoms with E-state index in [9.17, 15) is 31.5 Å². The lowest BCUT2D eigenvalue weighted by Crippen LogP contribution is -2.33. The molecule has 0 aliphatic rings. The molecule has 1 atom stereocenters. The third-order valence-electron chi connectivity index (χ3n) is 6.46. The molecule has 0 radical (unpaired) electrons. The normalized spacial score (nSPS) is 12.3. The van der Waals surface area contributed by atoms with Crippen LogP contribution in [0.15, 0.2) is 48.5 Å². The van der Waals surface area contributed by atoms with E-state index < -0.39 is 41.4 Å². The summed E-state index contributed by atoms with van der Waals surface area (Å²) >= 11 is 0. The van der Waals surface area contributed by atoms with Crippen LogP contribution in [0.3, 0.4) is 0 Å². The molecule has 41 heavy (non-hydrogen) atoms. The number of alkyl halides is 3. The quantitative estimate of drug-likeness (QED) is 0.0824. The zero-order valence-corrected chi connectivity index (χ0v) is 23.0. The van der Waals surface area contributed by atoms with Crippen LogP contribution in [-0.4, -0.2) is 30.8 Å². The van der Waals surface area contributed by atoms with Crippen LogP contribution in [0.25, 0.3) is 10.8 Å². The third kappa shape index (κ3) is 8.90. The lowest BCUT2D eigenvalue weighted by atomic mass is 10.1. The minimum absolute atomic E-state index is 0.0155. The minimum atomic E-state index is -4.68. The first-order valence-corrected chi connectivity index (χ1v) is 13.7. The predicted octanol–water partition coefficient (Wildman–Crippen LogP) is 8.96. The highest BCUT2D eigenvalue weighted by molar-refractivity contribution is 5.96. The van der Waals surface area contributed by atoms with E-state index in [4.69, 9.17) is 14.2 Å². The highest BCUT2D eigenvalue weighted by Gasteiger charge is 2.42. The summed E-state index contributed by atoms with van der Waals surface area (Å²) in [6, 6.07) is 10.6. The van der Waals surface area contributed by atoms with Crippen molar-refractivity contribution < 1.29 is 45.8 Å². The maximum absolute atomic E-state index is 14.6. The molecule has 3 aromatic rings. The van der Waals surface area contributed by atoms with E-state index in [1.54, 1.807) is 0 Å². The first kappa shape index (κ1) is 31.8. The van der Waals surface area contributed by atoms with Gasteiger partial charge in [-0.1, -0.05) is 58.1 Å². The largest absolute Gasteiger partial charge is 0.490 e. The zero-order chi connectivity index (χ0) is 30.0. The van der Waals surface area contributed by atoms with E-state index >= 15 is 0 Å². The zero-order valence-electron chi connectivity index (χ0n) is 23.0. The van der Waals surface area contributed by atoms with Crippen LogP contribution in [0.2, 0.25) is 0 Å². The van der Waals surface area contributed by atoms with E-state index in [2.05, 4.69) is 0 Å². The number of hydrogen-bond donors (Lipinski definition) is 0. The van der Waals surface area contributed by atoms with Crippen LogP contribution < -0.4 is 9.47 Å². The first-order chi connectivity index (χ1) is 19.5. The van der Waals surface area contributed by atoms with Crippen LogP contribution >= 0.6 is 0 Å². The number of ether oxygens (including phenoxy) is 3. The summed E-state index contributed by atoms with van der Waals surface area (Å²) in [6.07, 6.45) is -2.12. The Morgan fingerprint density at radius 1 is 0.780 bits per heavy atom. The molecule has 222 valence electrons. The lowest BCUT2D eigenvalue weighted by molar-refractivity contribution is -0.206. The van der Waals surface area contributed by atoms with E-state index in [1.807, 2.05) is 13.8 Å². The Balaban J connectivity index is 1.68. The van der Waals surface area contributed by atoms with Crippen molar-refractivity contribution in [2.24, 2.45) is 0 Å². The van der Waals surface area contributed by atoms with Gasteiger partial charge in [-0.3, -0.25) is 0 Å². The molecule has 0 saturated heterocycles. The molecule has 0 unspecified atom stereocenters. The SMILES string of the molecule is CCCCCC[C@@H](OC(=O)c1ccc2cc(OC(=O)c3ccc(OCCCCC)c(F)c3F)ccc2c1)C(F)(F)F. The second-order valence-corrected chi connectivity index (χ2v) is 9.69. The summed E-state index contributed by atoms with van der Waals surface area (Å²) in [7, 11) is 0. The summed E-state index contributed by atoms with van der Waals surface area (Å²) < 4.78 is 84.5. The number of fused-ring (bicyclic) bond motifs is 1. The fourth-order valence-electron chi connectivity index (χ4n) is 4.15. The molecule has 5 nitrogen and oxygen atoms in total. The Labute approximate surface area is 235 Å². The van der Waals surface area contributed by atoms with Crippen LogP contribution in [0, 0.1) is 11.6 Å². The van der Waals surface area contributed by atoms with Crippen molar-refractivity contribution in [3.8, 4) is 11.5 Å². The average Bonchev–Trinajstić information content (AvgIpc) is 2.93. The summed E-state index contributed by atoms with van der Waals surface area (Å²) in [6.45, 7) is 4.16. The van der Waals surface area contributed by atoms with Crippen molar-refractivity contribution in [3.05, 3.63) is 71.3 Å². The van der Waals surface area contributed by atoms with Crippen LogP contribution in [0.1, 0.15) is 85.9 Å². The molecule has 0 amide bonds. The second kappa shape index (κ2) is 14.8. The van der Waals surface area contributed by atoms with E-state index in [1.165, 1.54) is 36.4 Å². The molecule has 0 fully saturated rings. The monoisotopic (exact) mass is 580 g/mol. The Hall–Kier alpha value is -3.69.